The molecule has 0 unspecified atom stereocenters. The number of nitrogens with zero attached hydrogens (tertiary/aromatic N) is 2. The summed E-state index contributed by atoms with van der Waals surface area (Å²) in [7, 11) is 0. The van der Waals surface area contributed by atoms with Gasteiger partial charge in [-0.15, -0.1) is 0 Å². The average Bonchev–Trinajstić information content (AvgIpc) is 2.28. The van der Waals surface area contributed by atoms with Crippen LogP contribution in [0.5, 0.6) is 0 Å². The molecule has 1 aromatic rings. The van der Waals surface area contributed by atoms with Gasteiger partial charge in [0, 0.05) is 25.0 Å². The van der Waals surface area contributed by atoms with Gasteiger partial charge < -0.3 is 14.7 Å². The van der Waals surface area contributed by atoms with Crippen LogP contribution in [0, 0.1) is 0 Å². The Balaban J connectivity index is 2.22. The summed E-state index contributed by atoms with van der Waals surface area (Å²) in [5.74, 6) is -1.00. The van der Waals surface area contributed by atoms with Gasteiger partial charge in [-0.25, -0.2) is 9.78 Å². The second-order valence-corrected chi connectivity index (χ2v) is 4.73. The van der Waals surface area contributed by atoms with Gasteiger partial charge in [-0.3, -0.25) is 0 Å². The molecule has 1 aliphatic heterocycles. The molecule has 92 valence electrons. The van der Waals surface area contributed by atoms with E-state index in [2.05, 4.69) is 9.88 Å². The Hall–Kier alpha value is -1.62. The molecule has 1 N–H and O–H groups in total. The summed E-state index contributed by atoms with van der Waals surface area (Å²) in [6.45, 7) is 6.22. The third-order valence-corrected chi connectivity index (χ3v) is 2.75. The van der Waals surface area contributed by atoms with Crippen LogP contribution in [0.2, 0.25) is 0 Å². The summed E-state index contributed by atoms with van der Waals surface area (Å²) in [5.41, 5.74) is 0.755. The van der Waals surface area contributed by atoms with E-state index >= 15 is 0 Å². The molecule has 1 aromatic heterocycles. The number of carbonyl (C=O) groups is 1. The van der Waals surface area contributed by atoms with E-state index in [4.69, 9.17) is 9.84 Å². The third-order valence-electron chi connectivity index (χ3n) is 2.75. The number of aromatic carboxylic acids is 1. The van der Waals surface area contributed by atoms with Crippen molar-refractivity contribution in [2.75, 3.05) is 24.6 Å². The van der Waals surface area contributed by atoms with Crippen molar-refractivity contribution >= 4 is 11.7 Å². The molecule has 1 fully saturated rings. The van der Waals surface area contributed by atoms with Gasteiger partial charge in [-0.2, -0.15) is 0 Å². The number of aromatic nitrogens is 1. The van der Waals surface area contributed by atoms with Crippen LogP contribution in [0.25, 0.3) is 0 Å². The Morgan fingerprint density at radius 1 is 1.59 bits per heavy atom. The van der Waals surface area contributed by atoms with Gasteiger partial charge in [0.05, 0.1) is 12.2 Å². The number of anilines is 1. The first-order chi connectivity index (χ1) is 7.98. The predicted octanol–water partition coefficient (Wildman–Crippen LogP) is 1.40. The van der Waals surface area contributed by atoms with Crippen LogP contribution in [0.1, 0.15) is 24.3 Å². The lowest BCUT2D eigenvalue weighted by Gasteiger charge is -2.39. The number of hydrogen-bond acceptors (Lipinski definition) is 4. The van der Waals surface area contributed by atoms with E-state index in [0.29, 0.717) is 6.61 Å². The molecule has 0 saturated carbocycles. The lowest BCUT2D eigenvalue weighted by Crippen LogP contribution is -2.48. The molecule has 5 nitrogen and oxygen atoms in total. The van der Waals surface area contributed by atoms with E-state index in [1.165, 1.54) is 6.20 Å². The molecule has 1 aliphatic rings. The van der Waals surface area contributed by atoms with Crippen LogP contribution in [-0.4, -0.2) is 41.4 Å². The van der Waals surface area contributed by atoms with Gasteiger partial charge in [0.15, 0.2) is 0 Å². The number of hydrogen-bond donors (Lipinski definition) is 1. The minimum atomic E-state index is -1.00. The minimum absolute atomic E-state index is 0.0757. The molecule has 0 amide bonds. The molecule has 0 aromatic carbocycles. The molecule has 17 heavy (non-hydrogen) atoms. The van der Waals surface area contributed by atoms with Crippen LogP contribution in [0.3, 0.4) is 0 Å². The van der Waals surface area contributed by atoms with Crippen molar-refractivity contribution in [3.8, 4) is 0 Å². The Morgan fingerprint density at radius 3 is 3.00 bits per heavy atom. The third kappa shape index (κ3) is 2.74. The summed E-state index contributed by atoms with van der Waals surface area (Å²) < 4.78 is 5.62. The van der Waals surface area contributed by atoms with Gasteiger partial charge in [0.1, 0.15) is 5.69 Å². The van der Waals surface area contributed by atoms with Crippen LogP contribution >= 0.6 is 0 Å². The SMILES string of the molecule is CC1(C)CN(c2ccnc(C(=O)O)c2)CCO1. The molecule has 0 aliphatic carbocycles. The van der Waals surface area contributed by atoms with Gasteiger partial charge in [-0.05, 0) is 26.0 Å². The number of pyridine rings is 1. The Morgan fingerprint density at radius 2 is 2.35 bits per heavy atom. The van der Waals surface area contributed by atoms with Gasteiger partial charge in [0.2, 0.25) is 0 Å². The highest BCUT2D eigenvalue weighted by Crippen LogP contribution is 2.23. The zero-order chi connectivity index (χ0) is 12.5. The van der Waals surface area contributed by atoms with Crippen molar-refractivity contribution in [3.63, 3.8) is 0 Å². The highest BCUT2D eigenvalue weighted by molar-refractivity contribution is 5.86. The van der Waals surface area contributed by atoms with E-state index < -0.39 is 5.97 Å². The molecule has 0 atom stereocenters. The van der Waals surface area contributed by atoms with E-state index in [0.717, 1.165) is 18.8 Å². The number of carboxylic acids is 1. The van der Waals surface area contributed by atoms with Gasteiger partial charge in [0.25, 0.3) is 0 Å². The van der Waals surface area contributed by atoms with E-state index in [9.17, 15) is 4.79 Å². The van der Waals surface area contributed by atoms with Crippen LogP contribution in [0.15, 0.2) is 18.3 Å². The summed E-state index contributed by atoms with van der Waals surface area (Å²) in [5, 5.41) is 8.90. The molecule has 0 spiro atoms. The highest BCUT2D eigenvalue weighted by Gasteiger charge is 2.27. The lowest BCUT2D eigenvalue weighted by molar-refractivity contribution is -0.0276. The molecule has 0 radical (unpaired) electrons. The zero-order valence-electron chi connectivity index (χ0n) is 10.0. The Kier molecular flexibility index (Phi) is 3.02. The maximum absolute atomic E-state index is 10.9. The summed E-state index contributed by atoms with van der Waals surface area (Å²) in [6.07, 6.45) is 1.53. The molecule has 1 saturated heterocycles. The fourth-order valence-corrected chi connectivity index (χ4v) is 1.97. The topological polar surface area (TPSA) is 62.7 Å². The molecular weight excluding hydrogens is 220 g/mol. The first-order valence-electron chi connectivity index (χ1n) is 5.56. The first-order valence-corrected chi connectivity index (χ1v) is 5.56. The maximum atomic E-state index is 10.9. The summed E-state index contributed by atoms with van der Waals surface area (Å²) >= 11 is 0. The Labute approximate surface area is 100 Å². The number of rotatable bonds is 2. The van der Waals surface area contributed by atoms with Gasteiger partial charge in [-0.1, -0.05) is 0 Å². The second kappa shape index (κ2) is 4.33. The quantitative estimate of drug-likeness (QED) is 0.840. The van der Waals surface area contributed by atoms with Crippen LogP contribution in [-0.2, 0) is 4.74 Å². The second-order valence-electron chi connectivity index (χ2n) is 4.73. The monoisotopic (exact) mass is 236 g/mol. The van der Waals surface area contributed by atoms with Crippen molar-refractivity contribution in [2.24, 2.45) is 0 Å². The van der Waals surface area contributed by atoms with E-state index in [1.54, 1.807) is 6.07 Å². The highest BCUT2D eigenvalue weighted by atomic mass is 16.5. The fraction of sp³-hybridized carbons (Fsp3) is 0.500. The van der Waals surface area contributed by atoms with E-state index in [1.807, 2.05) is 19.9 Å². The molecule has 5 heteroatoms. The number of morpholine rings is 1. The molecule has 2 heterocycles. The normalized spacial score (nSPS) is 19.1. The molecular formula is C12H16N2O3. The number of ether oxygens (including phenoxy) is 1. The zero-order valence-corrected chi connectivity index (χ0v) is 10.0. The van der Waals surface area contributed by atoms with Gasteiger partial charge >= 0.3 is 5.97 Å². The summed E-state index contributed by atoms with van der Waals surface area (Å²) in [4.78, 5) is 16.8. The van der Waals surface area contributed by atoms with Crippen LogP contribution < -0.4 is 4.90 Å². The lowest BCUT2D eigenvalue weighted by atomic mass is 10.1. The maximum Gasteiger partial charge on any atom is 0.354 e. The average molecular weight is 236 g/mol. The standard InChI is InChI=1S/C12H16N2O3/c1-12(2)8-14(5-6-17-12)9-3-4-13-10(7-9)11(15)16/h3-4,7H,5-6,8H2,1-2H3,(H,15,16). The molecule has 2 rings (SSSR count). The van der Waals surface area contributed by atoms with Crippen molar-refractivity contribution in [3.05, 3.63) is 24.0 Å². The minimum Gasteiger partial charge on any atom is -0.477 e. The van der Waals surface area contributed by atoms with Crippen molar-refractivity contribution in [2.45, 2.75) is 19.4 Å². The van der Waals surface area contributed by atoms with Crippen molar-refractivity contribution in [1.29, 1.82) is 0 Å². The van der Waals surface area contributed by atoms with Crippen molar-refractivity contribution in [1.82, 2.24) is 4.98 Å². The van der Waals surface area contributed by atoms with E-state index in [-0.39, 0.29) is 11.3 Å². The summed E-state index contributed by atoms with van der Waals surface area (Å²) in [6, 6.07) is 3.43. The molecule has 0 bridgehead atoms. The smallest absolute Gasteiger partial charge is 0.354 e. The number of carboxylic acid groups (broad SMARTS) is 1. The first kappa shape index (κ1) is 11.9. The predicted molar refractivity (Wildman–Crippen MR) is 63.4 cm³/mol. The largest absolute Gasteiger partial charge is 0.477 e. The fourth-order valence-electron chi connectivity index (χ4n) is 1.97. The van der Waals surface area contributed by atoms with Crippen LogP contribution in [0.4, 0.5) is 5.69 Å². The van der Waals surface area contributed by atoms with Crippen molar-refractivity contribution < 1.29 is 14.6 Å². The Bertz CT molecular complexity index is 432.